The number of para-hydroxylation sites is 1. The fourth-order valence-corrected chi connectivity index (χ4v) is 5.91. The lowest BCUT2D eigenvalue weighted by Crippen LogP contribution is -2.47. The van der Waals surface area contributed by atoms with Gasteiger partial charge < -0.3 is 14.8 Å². The van der Waals surface area contributed by atoms with Crippen LogP contribution in [-0.4, -0.2) is 74.8 Å². The Morgan fingerprint density at radius 2 is 1.71 bits per heavy atom. The maximum Gasteiger partial charge on any atom is 0.325 e. The van der Waals surface area contributed by atoms with Crippen molar-refractivity contribution < 1.29 is 32.3 Å². The maximum atomic E-state index is 13.3. The number of rotatable bonds is 5. The molecule has 5 rings (SSSR count). The van der Waals surface area contributed by atoms with Gasteiger partial charge in [-0.15, -0.1) is 0 Å². The number of ketones is 1. The molecule has 0 saturated carbocycles. The Bertz CT molecular complexity index is 1260. The second kappa shape index (κ2) is 8.49. The number of hydrogen-bond donors (Lipinski definition) is 1. The van der Waals surface area contributed by atoms with Crippen LogP contribution in [0.1, 0.15) is 22.3 Å². The molecule has 1 unspecified atom stereocenters. The number of hydrogen-bond acceptors (Lipinski definition) is 7. The molecule has 2 aromatic rings. The number of sulfonamides is 1. The van der Waals surface area contributed by atoms with Crippen LogP contribution in [0.4, 0.5) is 4.79 Å². The van der Waals surface area contributed by atoms with Crippen LogP contribution in [0.5, 0.6) is 5.75 Å². The van der Waals surface area contributed by atoms with Crippen molar-refractivity contribution in [1.82, 2.24) is 14.5 Å². The smallest absolute Gasteiger partial charge is 0.325 e. The van der Waals surface area contributed by atoms with E-state index >= 15 is 0 Å². The summed E-state index contributed by atoms with van der Waals surface area (Å²) < 4.78 is 37.7. The second-order valence-corrected chi connectivity index (χ2v) is 10.2. The van der Waals surface area contributed by atoms with Crippen LogP contribution in [0, 0.1) is 0 Å². The third-order valence-corrected chi connectivity index (χ3v) is 8.26. The lowest BCUT2D eigenvalue weighted by atomic mass is 9.84. The van der Waals surface area contributed by atoms with Gasteiger partial charge in [0.05, 0.1) is 31.3 Å². The van der Waals surface area contributed by atoms with Crippen LogP contribution in [0.3, 0.4) is 0 Å². The number of urea groups is 1. The quantitative estimate of drug-likeness (QED) is 0.497. The third kappa shape index (κ3) is 3.65. The number of carbonyl (C=O) groups is 3. The number of morpholine rings is 1. The second-order valence-electron chi connectivity index (χ2n) is 8.29. The molecule has 1 N–H and O–H groups in total. The molecule has 3 aliphatic rings. The molecule has 10 nitrogen and oxygen atoms in total. The Balaban J connectivity index is 1.33. The summed E-state index contributed by atoms with van der Waals surface area (Å²) >= 11 is 0. The van der Waals surface area contributed by atoms with Crippen molar-refractivity contribution >= 4 is 27.7 Å². The predicted molar refractivity (Wildman–Crippen MR) is 119 cm³/mol. The molecule has 2 fully saturated rings. The molecule has 2 aromatic carbocycles. The Morgan fingerprint density at radius 1 is 1.00 bits per heavy atom. The Hall–Kier alpha value is -3.28. The molecule has 3 aliphatic heterocycles. The third-order valence-electron chi connectivity index (χ3n) is 6.34. The molecule has 3 heterocycles. The summed E-state index contributed by atoms with van der Waals surface area (Å²) in [6.07, 6.45) is 0.257. The van der Waals surface area contributed by atoms with Gasteiger partial charge in [0, 0.05) is 30.6 Å². The molecule has 0 aliphatic carbocycles. The number of ether oxygens (including phenoxy) is 2. The first-order chi connectivity index (χ1) is 16.3. The summed E-state index contributed by atoms with van der Waals surface area (Å²) in [4.78, 5) is 39.9. The summed E-state index contributed by atoms with van der Waals surface area (Å²) in [5.41, 5.74) is -0.496. The minimum atomic E-state index is -3.69. The molecule has 0 aromatic heterocycles. The van der Waals surface area contributed by atoms with E-state index in [0.717, 1.165) is 4.90 Å². The average molecular weight is 486 g/mol. The Labute approximate surface area is 196 Å². The molecule has 1 atom stereocenters. The van der Waals surface area contributed by atoms with Crippen LogP contribution in [0.25, 0.3) is 0 Å². The van der Waals surface area contributed by atoms with Crippen molar-refractivity contribution in [2.75, 3.05) is 39.5 Å². The number of fused-ring (bicyclic) bond motifs is 2. The summed E-state index contributed by atoms with van der Waals surface area (Å²) in [6.45, 7) is 1.00. The first-order valence-corrected chi connectivity index (χ1v) is 12.3. The zero-order valence-corrected chi connectivity index (χ0v) is 19.0. The standard InChI is InChI=1S/C23H23N3O7S/c27-19(16-5-7-17(8-6-16)34(30,31)25-10-13-32-14-11-25)15-26-21(28)23(24-22(26)29)9-12-33-20-4-2-1-3-18(20)23/h1-8H,9-15H2,(H,24,29). The number of nitrogens with zero attached hydrogens (tertiary/aromatic N) is 2. The lowest BCUT2D eigenvalue weighted by molar-refractivity contribution is -0.132. The fraction of sp³-hybridized carbons (Fsp3) is 0.348. The maximum absolute atomic E-state index is 13.3. The van der Waals surface area contributed by atoms with Gasteiger partial charge in [0.15, 0.2) is 11.3 Å². The van der Waals surface area contributed by atoms with Crippen LogP contribution >= 0.6 is 0 Å². The van der Waals surface area contributed by atoms with Crippen LogP contribution in [0.15, 0.2) is 53.4 Å². The minimum Gasteiger partial charge on any atom is -0.493 e. The highest BCUT2D eigenvalue weighted by molar-refractivity contribution is 7.89. The minimum absolute atomic E-state index is 0.0682. The van der Waals surface area contributed by atoms with Crippen LogP contribution in [-0.2, 0) is 25.1 Å². The largest absolute Gasteiger partial charge is 0.493 e. The number of nitrogens with one attached hydrogen (secondary N) is 1. The SMILES string of the molecule is O=C(CN1C(=O)NC2(CCOc3ccccc32)C1=O)c1ccc(S(=O)(=O)N2CCOCC2)cc1. The first kappa shape index (κ1) is 22.5. The number of Topliss-reactive ketones (excluding diaryl/α,β-unsaturated/α-hetero) is 1. The van der Waals surface area contributed by atoms with E-state index in [1.165, 1.54) is 28.6 Å². The van der Waals surface area contributed by atoms with Crippen molar-refractivity contribution in [3.05, 3.63) is 59.7 Å². The van der Waals surface area contributed by atoms with Crippen LogP contribution in [0.2, 0.25) is 0 Å². The van der Waals surface area contributed by atoms with Gasteiger partial charge in [-0.3, -0.25) is 14.5 Å². The number of imide groups is 1. The fourth-order valence-electron chi connectivity index (χ4n) is 4.50. The summed E-state index contributed by atoms with van der Waals surface area (Å²) in [7, 11) is -3.69. The molecular weight excluding hydrogens is 462 g/mol. The van der Waals surface area contributed by atoms with Crippen molar-refractivity contribution in [2.24, 2.45) is 0 Å². The van der Waals surface area contributed by atoms with Crippen LogP contribution < -0.4 is 10.1 Å². The van der Waals surface area contributed by atoms with Gasteiger partial charge in [0.25, 0.3) is 5.91 Å². The molecule has 0 bridgehead atoms. The zero-order valence-electron chi connectivity index (χ0n) is 18.2. The van der Waals surface area contributed by atoms with E-state index in [-0.39, 0.29) is 36.6 Å². The predicted octanol–water partition coefficient (Wildman–Crippen LogP) is 1.12. The Kier molecular flexibility index (Phi) is 5.62. The van der Waals surface area contributed by atoms with E-state index in [9.17, 15) is 22.8 Å². The Morgan fingerprint density at radius 3 is 2.44 bits per heavy atom. The highest BCUT2D eigenvalue weighted by atomic mass is 32.2. The molecule has 0 radical (unpaired) electrons. The van der Waals surface area contributed by atoms with Crippen molar-refractivity contribution in [3.63, 3.8) is 0 Å². The van der Waals surface area contributed by atoms with Gasteiger partial charge >= 0.3 is 6.03 Å². The first-order valence-electron chi connectivity index (χ1n) is 10.9. The summed E-state index contributed by atoms with van der Waals surface area (Å²) in [6, 6.07) is 11.9. The van der Waals surface area contributed by atoms with Crippen molar-refractivity contribution in [2.45, 2.75) is 16.9 Å². The van der Waals surface area contributed by atoms with Gasteiger partial charge in [-0.1, -0.05) is 18.2 Å². The highest BCUT2D eigenvalue weighted by Gasteiger charge is 2.55. The topological polar surface area (TPSA) is 122 Å². The molecular formula is C23H23N3O7S. The number of benzene rings is 2. The van der Waals surface area contributed by atoms with Gasteiger partial charge in [-0.05, 0) is 30.3 Å². The van der Waals surface area contributed by atoms with Crippen molar-refractivity contribution in [1.29, 1.82) is 0 Å². The van der Waals surface area contributed by atoms with E-state index in [2.05, 4.69) is 5.32 Å². The molecule has 34 heavy (non-hydrogen) atoms. The van der Waals surface area contributed by atoms with Gasteiger partial charge in [0.2, 0.25) is 10.0 Å². The van der Waals surface area contributed by atoms with Crippen molar-refractivity contribution in [3.8, 4) is 5.75 Å². The molecule has 3 amide bonds. The van der Waals surface area contributed by atoms with E-state index in [1.54, 1.807) is 24.3 Å². The number of amides is 3. The van der Waals surface area contributed by atoms with E-state index < -0.39 is 39.8 Å². The summed E-state index contributed by atoms with van der Waals surface area (Å²) in [5, 5.41) is 2.76. The summed E-state index contributed by atoms with van der Waals surface area (Å²) in [5.74, 6) is -0.461. The molecule has 11 heteroatoms. The molecule has 178 valence electrons. The average Bonchev–Trinajstić information content (AvgIpc) is 3.09. The highest BCUT2D eigenvalue weighted by Crippen LogP contribution is 2.41. The zero-order chi connectivity index (χ0) is 23.9. The number of carbonyl (C=O) groups excluding carboxylic acids is 3. The molecule has 2 saturated heterocycles. The van der Waals surface area contributed by atoms with Gasteiger partial charge in [0.1, 0.15) is 5.75 Å². The lowest BCUT2D eigenvalue weighted by Gasteiger charge is -2.33. The van der Waals surface area contributed by atoms with E-state index in [0.29, 0.717) is 24.5 Å². The van der Waals surface area contributed by atoms with Gasteiger partial charge in [-0.2, -0.15) is 4.31 Å². The van der Waals surface area contributed by atoms with E-state index in [1.807, 2.05) is 0 Å². The van der Waals surface area contributed by atoms with E-state index in [4.69, 9.17) is 9.47 Å². The van der Waals surface area contributed by atoms with Gasteiger partial charge in [-0.25, -0.2) is 13.2 Å². The normalized spacial score (nSPS) is 22.9. The molecule has 1 spiro atoms. The monoisotopic (exact) mass is 485 g/mol.